The van der Waals surface area contributed by atoms with Gasteiger partial charge in [0, 0.05) is 6.54 Å². The Labute approximate surface area is 119 Å². The fraction of sp³-hybridized carbons (Fsp3) is 0.125. The topological polar surface area (TPSA) is 46.2 Å². The predicted molar refractivity (Wildman–Crippen MR) is 81.1 cm³/mol. The van der Waals surface area contributed by atoms with E-state index in [-0.39, 0.29) is 19.0 Å². The van der Waals surface area contributed by atoms with Crippen LogP contribution >= 0.6 is 12.4 Å². The number of nitrogens with two attached hydrogens (primary N) is 1. The molecule has 3 rings (SSSR count). The first-order valence-electron chi connectivity index (χ1n) is 6.05. The molecule has 0 saturated heterocycles. The molecule has 0 saturated carbocycles. The van der Waals surface area contributed by atoms with Crippen LogP contribution < -0.4 is 5.73 Å². The van der Waals surface area contributed by atoms with E-state index in [0.29, 0.717) is 0 Å². The second-order valence-electron chi connectivity index (χ2n) is 4.57. The molecule has 3 heteroatoms. The Hall–Kier alpha value is -1.61. The molecule has 0 heterocycles. The molecular formula is C16H16ClNO. The van der Waals surface area contributed by atoms with Crippen molar-refractivity contribution in [3.63, 3.8) is 0 Å². The van der Waals surface area contributed by atoms with Gasteiger partial charge in [-0.3, -0.25) is 0 Å². The van der Waals surface area contributed by atoms with Crippen LogP contribution in [0.3, 0.4) is 0 Å². The van der Waals surface area contributed by atoms with E-state index in [1.165, 1.54) is 0 Å². The zero-order chi connectivity index (χ0) is 12.6. The van der Waals surface area contributed by atoms with E-state index in [4.69, 9.17) is 5.73 Å². The molecule has 98 valence electrons. The number of halogens is 1. The monoisotopic (exact) mass is 273 g/mol. The number of rotatable bonds is 1. The molecule has 0 unspecified atom stereocenters. The van der Waals surface area contributed by atoms with E-state index in [0.717, 1.165) is 22.3 Å². The molecule has 19 heavy (non-hydrogen) atoms. The first kappa shape index (κ1) is 13.8. The standard InChI is InChI=1S/C16H15NO.ClH/c17-11-16(18)14-7-3-1-5-12(14)9-10-13-6-2-4-8-15(13)16;/h1-10,18H,11,17H2;1H. The molecule has 1 aliphatic carbocycles. The van der Waals surface area contributed by atoms with Crippen molar-refractivity contribution in [1.82, 2.24) is 0 Å². The van der Waals surface area contributed by atoms with Crippen molar-refractivity contribution < 1.29 is 5.11 Å². The molecule has 2 nitrogen and oxygen atoms in total. The van der Waals surface area contributed by atoms with E-state index in [1.807, 2.05) is 60.7 Å². The Balaban J connectivity index is 0.00000133. The third-order valence-corrected chi connectivity index (χ3v) is 3.55. The smallest absolute Gasteiger partial charge is 0.128 e. The van der Waals surface area contributed by atoms with E-state index < -0.39 is 5.60 Å². The molecular weight excluding hydrogens is 258 g/mol. The normalized spacial score (nSPS) is 14.8. The quantitative estimate of drug-likeness (QED) is 0.839. The van der Waals surface area contributed by atoms with Gasteiger partial charge in [-0.25, -0.2) is 0 Å². The highest BCUT2D eigenvalue weighted by Gasteiger charge is 2.34. The minimum Gasteiger partial charge on any atom is -0.379 e. The van der Waals surface area contributed by atoms with Crippen LogP contribution in [0, 0.1) is 0 Å². The van der Waals surface area contributed by atoms with Gasteiger partial charge in [-0.15, -0.1) is 12.4 Å². The van der Waals surface area contributed by atoms with Crippen molar-refractivity contribution in [3.8, 4) is 0 Å². The van der Waals surface area contributed by atoms with Crippen molar-refractivity contribution in [1.29, 1.82) is 0 Å². The molecule has 0 bridgehead atoms. The van der Waals surface area contributed by atoms with Crippen LogP contribution in [0.4, 0.5) is 0 Å². The summed E-state index contributed by atoms with van der Waals surface area (Å²) in [6, 6.07) is 15.7. The van der Waals surface area contributed by atoms with Crippen LogP contribution in [0.25, 0.3) is 12.2 Å². The van der Waals surface area contributed by atoms with Crippen molar-refractivity contribution >= 4 is 24.6 Å². The minimum absolute atomic E-state index is 0. The summed E-state index contributed by atoms with van der Waals surface area (Å²) in [5.41, 5.74) is 8.51. The Morgan fingerprint density at radius 2 is 1.26 bits per heavy atom. The van der Waals surface area contributed by atoms with E-state index in [1.54, 1.807) is 0 Å². The number of hydrogen-bond donors (Lipinski definition) is 2. The average molecular weight is 274 g/mol. The third kappa shape index (κ3) is 2.08. The lowest BCUT2D eigenvalue weighted by Crippen LogP contribution is -2.37. The van der Waals surface area contributed by atoms with Crippen molar-refractivity contribution in [2.75, 3.05) is 6.54 Å². The fourth-order valence-corrected chi connectivity index (χ4v) is 2.58. The van der Waals surface area contributed by atoms with Crippen LogP contribution in [0.2, 0.25) is 0 Å². The molecule has 3 N–H and O–H groups in total. The highest BCUT2D eigenvalue weighted by Crippen LogP contribution is 2.36. The van der Waals surface area contributed by atoms with Gasteiger partial charge in [-0.2, -0.15) is 0 Å². The fourth-order valence-electron chi connectivity index (χ4n) is 2.58. The summed E-state index contributed by atoms with van der Waals surface area (Å²) >= 11 is 0. The maximum atomic E-state index is 11.0. The summed E-state index contributed by atoms with van der Waals surface area (Å²) < 4.78 is 0. The molecule has 0 aromatic heterocycles. The molecule has 0 fully saturated rings. The van der Waals surface area contributed by atoms with E-state index in [9.17, 15) is 5.11 Å². The molecule has 1 aliphatic rings. The van der Waals surface area contributed by atoms with Crippen LogP contribution in [0.15, 0.2) is 48.5 Å². The van der Waals surface area contributed by atoms with Crippen LogP contribution in [0.1, 0.15) is 22.3 Å². The first-order chi connectivity index (χ1) is 8.75. The maximum absolute atomic E-state index is 11.0. The summed E-state index contributed by atoms with van der Waals surface area (Å²) in [6.07, 6.45) is 4.06. The van der Waals surface area contributed by atoms with Gasteiger partial charge < -0.3 is 10.8 Å². The van der Waals surface area contributed by atoms with Gasteiger partial charge in [0.15, 0.2) is 0 Å². The van der Waals surface area contributed by atoms with Gasteiger partial charge in [0.2, 0.25) is 0 Å². The van der Waals surface area contributed by atoms with Crippen molar-refractivity contribution in [2.45, 2.75) is 5.60 Å². The molecule has 0 aliphatic heterocycles. The van der Waals surface area contributed by atoms with Gasteiger partial charge in [0.25, 0.3) is 0 Å². The lowest BCUT2D eigenvalue weighted by Gasteiger charge is -2.29. The van der Waals surface area contributed by atoms with Crippen molar-refractivity contribution in [2.24, 2.45) is 5.73 Å². The lowest BCUT2D eigenvalue weighted by molar-refractivity contribution is 0.0900. The summed E-state index contributed by atoms with van der Waals surface area (Å²) in [7, 11) is 0. The van der Waals surface area contributed by atoms with E-state index >= 15 is 0 Å². The highest BCUT2D eigenvalue weighted by molar-refractivity contribution is 5.85. The van der Waals surface area contributed by atoms with Gasteiger partial charge >= 0.3 is 0 Å². The number of fused-ring (bicyclic) bond motifs is 2. The number of hydrogen-bond acceptors (Lipinski definition) is 2. The molecule has 2 aromatic rings. The SMILES string of the molecule is Cl.NCC1(O)c2ccccc2C=Cc2ccccc21. The average Bonchev–Trinajstić information content (AvgIpc) is 2.56. The Morgan fingerprint density at radius 3 is 1.68 bits per heavy atom. The Bertz CT molecular complexity index is 572. The van der Waals surface area contributed by atoms with Gasteiger partial charge in [0.05, 0.1) is 0 Å². The molecule has 0 radical (unpaired) electrons. The third-order valence-electron chi connectivity index (χ3n) is 3.55. The van der Waals surface area contributed by atoms with Gasteiger partial charge in [-0.1, -0.05) is 60.7 Å². The minimum atomic E-state index is -1.11. The van der Waals surface area contributed by atoms with E-state index in [2.05, 4.69) is 0 Å². The molecule has 0 spiro atoms. The van der Waals surface area contributed by atoms with Crippen LogP contribution in [-0.4, -0.2) is 11.7 Å². The first-order valence-corrected chi connectivity index (χ1v) is 6.05. The van der Waals surface area contributed by atoms with Crippen LogP contribution in [0.5, 0.6) is 0 Å². The van der Waals surface area contributed by atoms with Crippen molar-refractivity contribution in [3.05, 3.63) is 70.8 Å². The second-order valence-corrected chi connectivity index (χ2v) is 4.57. The Kier molecular flexibility index (Phi) is 3.76. The number of benzene rings is 2. The number of aliphatic hydroxyl groups is 1. The molecule has 0 atom stereocenters. The zero-order valence-corrected chi connectivity index (χ0v) is 11.2. The zero-order valence-electron chi connectivity index (χ0n) is 10.4. The van der Waals surface area contributed by atoms with Gasteiger partial charge in [-0.05, 0) is 22.3 Å². The van der Waals surface area contributed by atoms with Crippen LogP contribution in [-0.2, 0) is 5.60 Å². The summed E-state index contributed by atoms with van der Waals surface area (Å²) in [5.74, 6) is 0. The second kappa shape index (κ2) is 5.17. The largest absolute Gasteiger partial charge is 0.379 e. The maximum Gasteiger partial charge on any atom is 0.128 e. The predicted octanol–water partition coefficient (Wildman–Crippen LogP) is 2.79. The van der Waals surface area contributed by atoms with Gasteiger partial charge in [0.1, 0.15) is 5.60 Å². The summed E-state index contributed by atoms with van der Waals surface area (Å²) in [4.78, 5) is 0. The lowest BCUT2D eigenvalue weighted by atomic mass is 9.83. The molecule has 2 aromatic carbocycles. The summed E-state index contributed by atoms with van der Waals surface area (Å²) in [6.45, 7) is 0.169. The summed E-state index contributed by atoms with van der Waals surface area (Å²) in [5, 5.41) is 11.0. The highest BCUT2D eigenvalue weighted by atomic mass is 35.5. The Morgan fingerprint density at radius 1 is 0.842 bits per heavy atom. The molecule has 0 amide bonds.